The summed E-state index contributed by atoms with van der Waals surface area (Å²) in [6.07, 6.45) is 0. The molecule has 0 atom stereocenters. The van der Waals surface area contributed by atoms with Gasteiger partial charge in [-0.25, -0.2) is 0 Å². The average molecular weight is 1020 g/mol. The van der Waals surface area contributed by atoms with Crippen molar-refractivity contribution < 1.29 is 0 Å². The predicted molar refractivity (Wildman–Crippen MR) is 333 cm³/mol. The maximum absolute atomic E-state index is 2.66. The average Bonchev–Trinajstić information content (AvgIpc) is 4.29. The Morgan fingerprint density at radius 3 is 1.55 bits per heavy atom. The molecule has 10 aromatic rings. The summed E-state index contributed by atoms with van der Waals surface area (Å²) in [7, 11) is 0. The molecule has 14 rings (SSSR count). The standard InChI is InChI=1S/C73H67BN2S/c1-41(2)47-23-29-51(30-24-47)75-65-38-50(69-53(44(7)8)19-16-20-54(69)45(9)10)28-34-64(65)74-70-66(75)35-46(11)36-67(70)76(52-31-25-48(26-32-52)42(3)4)71-59-39-58-57-33-27-49(43(5)6)37-62(57)73(63(58)40-68(59)77-72(71)74)60-21-14-12-17-55(60)56-18-13-15-22-61(56)73/h12-45H,1-11H3. The third-order valence-electron chi connectivity index (χ3n) is 18.0. The molecule has 9 aromatic carbocycles. The maximum atomic E-state index is 2.66. The predicted octanol–water partition coefficient (Wildman–Crippen LogP) is 18.9. The van der Waals surface area contributed by atoms with Gasteiger partial charge in [0.2, 0.25) is 0 Å². The summed E-state index contributed by atoms with van der Waals surface area (Å²) >= 11 is 2.03. The molecule has 2 aliphatic heterocycles. The van der Waals surface area contributed by atoms with Crippen LogP contribution in [0.1, 0.15) is 154 Å². The number of aryl methyl sites for hydroxylation is 1. The Kier molecular flexibility index (Phi) is 11.0. The van der Waals surface area contributed by atoms with Crippen molar-refractivity contribution in [3.8, 4) is 33.4 Å². The lowest BCUT2D eigenvalue weighted by Crippen LogP contribution is -2.60. The van der Waals surface area contributed by atoms with Gasteiger partial charge in [0, 0.05) is 43.3 Å². The molecule has 0 bridgehead atoms. The molecule has 0 amide bonds. The van der Waals surface area contributed by atoms with Crippen LogP contribution in [0.2, 0.25) is 0 Å². The van der Waals surface area contributed by atoms with E-state index >= 15 is 0 Å². The van der Waals surface area contributed by atoms with Crippen molar-refractivity contribution in [2.75, 3.05) is 9.80 Å². The van der Waals surface area contributed by atoms with Crippen LogP contribution in [0.3, 0.4) is 0 Å². The van der Waals surface area contributed by atoms with Crippen molar-refractivity contribution in [2.45, 2.75) is 111 Å². The molecule has 378 valence electrons. The molecule has 4 aliphatic rings. The molecule has 4 heteroatoms. The summed E-state index contributed by atoms with van der Waals surface area (Å²) < 4.78 is 2.74. The topological polar surface area (TPSA) is 6.48 Å². The smallest absolute Gasteiger partial charge is 0.264 e. The van der Waals surface area contributed by atoms with E-state index in [4.69, 9.17) is 0 Å². The van der Waals surface area contributed by atoms with E-state index in [1.54, 1.807) is 0 Å². The Balaban J connectivity index is 1.09. The fourth-order valence-corrected chi connectivity index (χ4v) is 15.6. The Labute approximate surface area is 461 Å². The molecule has 1 aromatic heterocycles. The van der Waals surface area contributed by atoms with Gasteiger partial charge >= 0.3 is 0 Å². The van der Waals surface area contributed by atoms with Gasteiger partial charge in [-0.1, -0.05) is 191 Å². The number of nitrogens with zero attached hydrogens (tertiary/aromatic N) is 2. The zero-order valence-corrected chi connectivity index (χ0v) is 47.3. The second-order valence-corrected chi connectivity index (χ2v) is 25.3. The lowest BCUT2D eigenvalue weighted by Gasteiger charge is -2.43. The fraction of sp³-hybridized carbons (Fsp3) is 0.233. The van der Waals surface area contributed by atoms with Crippen LogP contribution in [0.25, 0.3) is 43.5 Å². The summed E-state index contributed by atoms with van der Waals surface area (Å²) in [5, 5.41) is 1.32. The van der Waals surface area contributed by atoms with Crippen LogP contribution in [0.4, 0.5) is 34.1 Å². The second kappa shape index (κ2) is 17.6. The van der Waals surface area contributed by atoms with Crippen LogP contribution in [0.15, 0.2) is 176 Å². The SMILES string of the molecule is Cc1cc2c3c(c1)N(c1ccc(C(C)C)cc1)c1c(sc4cc5c(cc14)-c1ccc(C(C)C)cc1C51c4ccccc4-c4ccccc41)B3c1ccc(-c3c(C(C)C)cccc3C(C)C)cc1N2c1ccc(C(C)C)cc1. The van der Waals surface area contributed by atoms with Crippen molar-refractivity contribution >= 4 is 78.0 Å². The lowest BCUT2D eigenvalue weighted by molar-refractivity contribution is 0.785. The van der Waals surface area contributed by atoms with E-state index in [-0.39, 0.29) is 6.71 Å². The number of hydrogen-bond acceptors (Lipinski definition) is 3. The monoisotopic (exact) mass is 1010 g/mol. The van der Waals surface area contributed by atoms with E-state index in [2.05, 4.69) is 262 Å². The first-order chi connectivity index (χ1) is 37.2. The van der Waals surface area contributed by atoms with Crippen LogP contribution in [-0.4, -0.2) is 6.71 Å². The molecule has 0 fully saturated rings. The number of anilines is 6. The molecule has 1 spiro atoms. The van der Waals surface area contributed by atoms with Crippen molar-refractivity contribution in [1.82, 2.24) is 0 Å². The van der Waals surface area contributed by atoms with E-state index in [0.717, 1.165) is 0 Å². The van der Waals surface area contributed by atoms with Gasteiger partial charge in [0.1, 0.15) is 0 Å². The normalized spacial score (nSPS) is 14.3. The Morgan fingerprint density at radius 2 is 0.961 bits per heavy atom. The summed E-state index contributed by atoms with van der Waals surface area (Å²) in [5.74, 6) is 2.02. The van der Waals surface area contributed by atoms with Crippen molar-refractivity contribution in [1.29, 1.82) is 0 Å². The fourth-order valence-electron chi connectivity index (χ4n) is 14.2. The maximum Gasteiger partial charge on any atom is 0.264 e. The first kappa shape index (κ1) is 48.0. The third kappa shape index (κ3) is 6.86. The minimum atomic E-state index is -0.443. The van der Waals surface area contributed by atoms with Gasteiger partial charge in [0.15, 0.2) is 0 Å². The first-order valence-electron chi connectivity index (χ1n) is 28.4. The van der Waals surface area contributed by atoms with Gasteiger partial charge < -0.3 is 9.80 Å². The number of fused-ring (bicyclic) bond motifs is 16. The van der Waals surface area contributed by atoms with Crippen LogP contribution < -0.4 is 25.5 Å². The lowest BCUT2D eigenvalue weighted by atomic mass is 9.36. The molecule has 0 radical (unpaired) electrons. The molecule has 0 saturated heterocycles. The summed E-state index contributed by atoms with van der Waals surface area (Å²) in [6, 6.07) is 69.6. The molecule has 0 unspecified atom stereocenters. The highest BCUT2D eigenvalue weighted by atomic mass is 32.1. The largest absolute Gasteiger partial charge is 0.311 e. The van der Waals surface area contributed by atoms with Gasteiger partial charge in [-0.3, -0.25) is 0 Å². The third-order valence-corrected chi connectivity index (χ3v) is 19.2. The number of thiophene rings is 1. The Bertz CT molecular complexity index is 3980. The molecule has 0 saturated carbocycles. The number of rotatable bonds is 8. The Morgan fingerprint density at radius 1 is 0.429 bits per heavy atom. The highest BCUT2D eigenvalue weighted by Gasteiger charge is 2.53. The van der Waals surface area contributed by atoms with Gasteiger partial charge in [-0.2, -0.15) is 0 Å². The van der Waals surface area contributed by atoms with Gasteiger partial charge in [-0.15, -0.1) is 11.3 Å². The number of benzene rings is 9. The first-order valence-corrected chi connectivity index (χ1v) is 29.2. The van der Waals surface area contributed by atoms with Crippen molar-refractivity contribution in [3.63, 3.8) is 0 Å². The zero-order valence-electron chi connectivity index (χ0n) is 46.5. The van der Waals surface area contributed by atoms with Crippen LogP contribution in [-0.2, 0) is 5.41 Å². The van der Waals surface area contributed by atoms with E-state index in [9.17, 15) is 0 Å². The highest BCUT2D eigenvalue weighted by Crippen LogP contribution is 2.64. The van der Waals surface area contributed by atoms with Crippen molar-refractivity contribution in [3.05, 3.63) is 232 Å². The zero-order chi connectivity index (χ0) is 52.9. The molecule has 3 heterocycles. The minimum Gasteiger partial charge on any atom is -0.311 e. The van der Waals surface area contributed by atoms with Crippen molar-refractivity contribution in [2.24, 2.45) is 0 Å². The molecular formula is C73H67BN2S. The van der Waals surface area contributed by atoms with Gasteiger partial charge in [0.25, 0.3) is 6.71 Å². The van der Waals surface area contributed by atoms with E-state index < -0.39 is 5.41 Å². The second-order valence-electron chi connectivity index (χ2n) is 24.2. The van der Waals surface area contributed by atoms with Gasteiger partial charge in [0.05, 0.1) is 11.1 Å². The highest BCUT2D eigenvalue weighted by molar-refractivity contribution is 7.33. The molecule has 77 heavy (non-hydrogen) atoms. The summed E-state index contributed by atoms with van der Waals surface area (Å²) in [4.78, 5) is 5.28. The Hall–Kier alpha value is -7.40. The molecule has 0 N–H and O–H groups in total. The molecule has 2 aliphatic carbocycles. The van der Waals surface area contributed by atoms with Gasteiger partial charge in [-0.05, 0) is 191 Å². The van der Waals surface area contributed by atoms with E-state index in [1.807, 2.05) is 11.3 Å². The minimum absolute atomic E-state index is 0.00282. The number of hydrogen-bond donors (Lipinski definition) is 0. The van der Waals surface area contributed by atoms with Crippen LogP contribution >= 0.6 is 11.3 Å². The van der Waals surface area contributed by atoms with E-state index in [0.29, 0.717) is 29.6 Å². The van der Waals surface area contributed by atoms with Crippen LogP contribution in [0.5, 0.6) is 0 Å². The molecule has 2 nitrogen and oxygen atoms in total. The summed E-state index contributed by atoms with van der Waals surface area (Å²) in [6.45, 7) is 25.6. The summed E-state index contributed by atoms with van der Waals surface area (Å²) in [5.41, 5.74) is 31.5. The van der Waals surface area contributed by atoms with E-state index in [1.165, 1.54) is 149 Å². The quantitative estimate of drug-likeness (QED) is 0.140. The molecular weight excluding hydrogens is 948 g/mol. The van der Waals surface area contributed by atoms with Crippen LogP contribution in [0, 0.1) is 6.92 Å².